The summed E-state index contributed by atoms with van der Waals surface area (Å²) in [5.41, 5.74) is 0. The molecule has 1 aliphatic rings. The Morgan fingerprint density at radius 3 is 2.55 bits per heavy atom. The Balaban J connectivity index is 2.00. The molecule has 1 aliphatic heterocycles. The minimum atomic E-state index is -2.82. The average molecular weight is 298 g/mol. The minimum absolute atomic E-state index is 0.173. The third kappa shape index (κ3) is 4.33. The van der Waals surface area contributed by atoms with Gasteiger partial charge in [-0.15, -0.1) is 0 Å². The van der Waals surface area contributed by atoms with E-state index in [-0.39, 0.29) is 17.5 Å². The summed E-state index contributed by atoms with van der Waals surface area (Å²) >= 11 is 0. The highest BCUT2D eigenvalue weighted by molar-refractivity contribution is 7.91. The van der Waals surface area contributed by atoms with Crippen LogP contribution in [0.5, 0.6) is 0 Å². The number of sulfone groups is 1. The van der Waals surface area contributed by atoms with Gasteiger partial charge in [-0.3, -0.25) is 0 Å². The Hall–Kier alpha value is -1.37. The highest BCUT2D eigenvalue weighted by atomic mass is 32.2. The SMILES string of the molecule is CCCNc1cc(NC2CCS(=O)(=O)CC2)nc(C)n1. The molecule has 1 aromatic rings. The summed E-state index contributed by atoms with van der Waals surface area (Å²) in [6, 6.07) is 2.05. The number of nitrogens with one attached hydrogen (secondary N) is 2. The first kappa shape index (κ1) is 15.0. The summed E-state index contributed by atoms with van der Waals surface area (Å²) < 4.78 is 22.8. The maximum absolute atomic E-state index is 11.4. The van der Waals surface area contributed by atoms with Crippen LogP contribution in [0.4, 0.5) is 11.6 Å². The van der Waals surface area contributed by atoms with Crippen molar-refractivity contribution >= 4 is 21.5 Å². The molecule has 0 spiro atoms. The van der Waals surface area contributed by atoms with Crippen molar-refractivity contribution in [3.63, 3.8) is 0 Å². The van der Waals surface area contributed by atoms with Gasteiger partial charge in [-0.1, -0.05) is 6.92 Å². The molecule has 20 heavy (non-hydrogen) atoms. The van der Waals surface area contributed by atoms with E-state index in [2.05, 4.69) is 27.5 Å². The van der Waals surface area contributed by atoms with E-state index in [4.69, 9.17) is 0 Å². The number of aromatic nitrogens is 2. The third-order valence-corrected chi connectivity index (χ3v) is 5.02. The van der Waals surface area contributed by atoms with Crippen LogP contribution in [-0.4, -0.2) is 42.5 Å². The largest absolute Gasteiger partial charge is 0.370 e. The highest BCUT2D eigenvalue weighted by Crippen LogP contribution is 2.18. The summed E-state index contributed by atoms with van der Waals surface area (Å²) in [4.78, 5) is 8.69. The summed E-state index contributed by atoms with van der Waals surface area (Å²) in [7, 11) is -2.82. The van der Waals surface area contributed by atoms with Crippen LogP contribution in [0.25, 0.3) is 0 Å². The molecule has 2 heterocycles. The number of aryl methyl sites for hydroxylation is 1. The zero-order valence-electron chi connectivity index (χ0n) is 12.0. The second kappa shape index (κ2) is 6.39. The van der Waals surface area contributed by atoms with Crippen LogP contribution >= 0.6 is 0 Å². The van der Waals surface area contributed by atoms with Crippen LogP contribution in [0, 0.1) is 6.92 Å². The van der Waals surface area contributed by atoms with Gasteiger partial charge in [0, 0.05) is 18.7 Å². The molecule has 0 saturated carbocycles. The Labute approximate surface area is 120 Å². The summed E-state index contributed by atoms with van der Waals surface area (Å²) in [6.07, 6.45) is 2.32. The Kier molecular flexibility index (Phi) is 4.80. The third-order valence-electron chi connectivity index (χ3n) is 3.30. The quantitative estimate of drug-likeness (QED) is 0.859. The van der Waals surface area contributed by atoms with Gasteiger partial charge in [-0.2, -0.15) is 0 Å². The second-order valence-corrected chi connectivity index (χ2v) is 7.49. The maximum Gasteiger partial charge on any atom is 0.150 e. The van der Waals surface area contributed by atoms with E-state index in [1.165, 1.54) is 0 Å². The van der Waals surface area contributed by atoms with Gasteiger partial charge >= 0.3 is 0 Å². The van der Waals surface area contributed by atoms with E-state index in [1.54, 1.807) is 0 Å². The van der Waals surface area contributed by atoms with Gasteiger partial charge in [0.05, 0.1) is 11.5 Å². The average Bonchev–Trinajstić information content (AvgIpc) is 2.38. The van der Waals surface area contributed by atoms with Crippen molar-refractivity contribution in [2.24, 2.45) is 0 Å². The fourth-order valence-electron chi connectivity index (χ4n) is 2.23. The molecule has 0 aliphatic carbocycles. The van der Waals surface area contributed by atoms with Crippen LogP contribution in [0.3, 0.4) is 0 Å². The lowest BCUT2D eigenvalue weighted by molar-refractivity contribution is 0.559. The molecule has 2 N–H and O–H groups in total. The van der Waals surface area contributed by atoms with Crippen LogP contribution < -0.4 is 10.6 Å². The number of hydrogen-bond donors (Lipinski definition) is 2. The normalized spacial score (nSPS) is 18.7. The highest BCUT2D eigenvalue weighted by Gasteiger charge is 2.23. The van der Waals surface area contributed by atoms with Crippen molar-refractivity contribution in [2.45, 2.75) is 39.2 Å². The monoisotopic (exact) mass is 298 g/mol. The van der Waals surface area contributed by atoms with Gasteiger partial charge in [0.2, 0.25) is 0 Å². The minimum Gasteiger partial charge on any atom is -0.370 e. The van der Waals surface area contributed by atoms with Gasteiger partial charge in [0.25, 0.3) is 0 Å². The van der Waals surface area contributed by atoms with E-state index in [0.29, 0.717) is 18.7 Å². The smallest absolute Gasteiger partial charge is 0.150 e. The lowest BCUT2D eigenvalue weighted by Gasteiger charge is -2.23. The molecular weight excluding hydrogens is 276 g/mol. The van der Waals surface area contributed by atoms with Crippen LogP contribution in [0.1, 0.15) is 32.0 Å². The van der Waals surface area contributed by atoms with Gasteiger partial charge in [0.1, 0.15) is 27.3 Å². The molecule has 1 aromatic heterocycles. The molecule has 112 valence electrons. The van der Waals surface area contributed by atoms with Crippen LogP contribution in [0.2, 0.25) is 0 Å². The van der Waals surface area contributed by atoms with E-state index < -0.39 is 9.84 Å². The van der Waals surface area contributed by atoms with Crippen molar-refractivity contribution in [3.05, 3.63) is 11.9 Å². The Morgan fingerprint density at radius 2 is 1.90 bits per heavy atom. The molecule has 7 heteroatoms. The maximum atomic E-state index is 11.4. The topological polar surface area (TPSA) is 84.0 Å². The van der Waals surface area contributed by atoms with Gasteiger partial charge < -0.3 is 10.6 Å². The fourth-order valence-corrected chi connectivity index (χ4v) is 3.72. The zero-order chi connectivity index (χ0) is 14.6. The molecular formula is C13H22N4O2S. The molecule has 2 rings (SSSR count). The number of rotatable bonds is 5. The zero-order valence-corrected chi connectivity index (χ0v) is 12.8. The first-order chi connectivity index (χ1) is 9.48. The van der Waals surface area contributed by atoms with E-state index in [0.717, 1.165) is 24.6 Å². The molecule has 6 nitrogen and oxygen atoms in total. The lowest BCUT2D eigenvalue weighted by Crippen LogP contribution is -2.32. The van der Waals surface area contributed by atoms with Crippen molar-refractivity contribution in [1.29, 1.82) is 0 Å². The van der Waals surface area contributed by atoms with Gasteiger partial charge in [0.15, 0.2) is 0 Å². The summed E-state index contributed by atoms with van der Waals surface area (Å²) in [6.45, 7) is 4.83. The molecule has 0 amide bonds. The predicted octanol–water partition coefficient (Wildman–Crippen LogP) is 1.60. The van der Waals surface area contributed by atoms with Crippen molar-refractivity contribution < 1.29 is 8.42 Å². The number of nitrogens with zero attached hydrogens (tertiary/aromatic N) is 2. The number of hydrogen-bond acceptors (Lipinski definition) is 6. The summed E-state index contributed by atoms with van der Waals surface area (Å²) in [5, 5.41) is 6.56. The molecule has 0 atom stereocenters. The Bertz CT molecular complexity index is 545. The van der Waals surface area contributed by atoms with Crippen molar-refractivity contribution in [2.75, 3.05) is 28.7 Å². The van der Waals surface area contributed by atoms with Crippen LogP contribution in [-0.2, 0) is 9.84 Å². The first-order valence-corrected chi connectivity index (χ1v) is 8.87. The molecule has 0 bridgehead atoms. The standard InChI is InChI=1S/C13H22N4O2S/c1-3-6-14-12-9-13(16-10(2)15-12)17-11-4-7-20(18,19)8-5-11/h9,11H,3-8H2,1-2H3,(H2,14,15,16,17). The van der Waals surface area contributed by atoms with E-state index >= 15 is 0 Å². The molecule has 1 fully saturated rings. The molecule has 0 radical (unpaired) electrons. The number of anilines is 2. The van der Waals surface area contributed by atoms with Gasteiger partial charge in [-0.25, -0.2) is 18.4 Å². The molecule has 1 saturated heterocycles. The van der Waals surface area contributed by atoms with Crippen LogP contribution in [0.15, 0.2) is 6.07 Å². The van der Waals surface area contributed by atoms with Gasteiger partial charge in [-0.05, 0) is 26.2 Å². The van der Waals surface area contributed by atoms with E-state index in [9.17, 15) is 8.42 Å². The van der Waals surface area contributed by atoms with Crippen molar-refractivity contribution in [1.82, 2.24) is 9.97 Å². The summed E-state index contributed by atoms with van der Waals surface area (Å²) in [5.74, 6) is 2.80. The fraction of sp³-hybridized carbons (Fsp3) is 0.692. The Morgan fingerprint density at radius 1 is 1.25 bits per heavy atom. The van der Waals surface area contributed by atoms with E-state index in [1.807, 2.05) is 13.0 Å². The second-order valence-electron chi connectivity index (χ2n) is 5.18. The molecule has 0 unspecified atom stereocenters. The van der Waals surface area contributed by atoms with Crippen molar-refractivity contribution in [3.8, 4) is 0 Å². The first-order valence-electron chi connectivity index (χ1n) is 7.05. The predicted molar refractivity (Wildman–Crippen MR) is 80.8 cm³/mol. The lowest BCUT2D eigenvalue weighted by atomic mass is 10.1. The molecule has 0 aromatic carbocycles.